The molecule has 0 saturated carbocycles. The van der Waals surface area contributed by atoms with Gasteiger partial charge in [-0.15, -0.1) is 0 Å². The molecule has 0 unspecified atom stereocenters. The van der Waals surface area contributed by atoms with Gasteiger partial charge in [-0.2, -0.15) is 0 Å². The zero-order chi connectivity index (χ0) is 10.8. The van der Waals surface area contributed by atoms with Crippen LogP contribution in [0.5, 0.6) is 0 Å². The van der Waals surface area contributed by atoms with Gasteiger partial charge in [0.2, 0.25) is 0 Å². The molecule has 0 fully saturated rings. The maximum absolute atomic E-state index is 4.26. The van der Waals surface area contributed by atoms with E-state index in [0.29, 0.717) is 0 Å². The summed E-state index contributed by atoms with van der Waals surface area (Å²) < 4.78 is 0. The van der Waals surface area contributed by atoms with Crippen LogP contribution in [0, 0.1) is 0 Å². The Hall–Kier alpha value is -2.22. The Morgan fingerprint density at radius 1 is 0.812 bits per heavy atom. The van der Waals surface area contributed by atoms with Crippen molar-refractivity contribution in [1.29, 1.82) is 0 Å². The molecule has 0 radical (unpaired) electrons. The predicted octanol–water partition coefficient (Wildman–Crippen LogP) is 3.30. The van der Waals surface area contributed by atoms with Gasteiger partial charge in [0, 0.05) is 11.6 Å². The SMILES string of the molecule is c1ccc(-c2cccc3ncncc23)cc1. The number of hydrogen-bond acceptors (Lipinski definition) is 2. The third-order valence-corrected chi connectivity index (χ3v) is 2.64. The van der Waals surface area contributed by atoms with Gasteiger partial charge in [0.15, 0.2) is 0 Å². The molecule has 16 heavy (non-hydrogen) atoms. The molecule has 0 aliphatic heterocycles. The molecule has 0 N–H and O–H groups in total. The molecular formula is C14H10N2. The molecule has 2 heteroatoms. The van der Waals surface area contributed by atoms with E-state index in [1.807, 2.05) is 36.5 Å². The van der Waals surface area contributed by atoms with Crippen LogP contribution in [-0.2, 0) is 0 Å². The van der Waals surface area contributed by atoms with Crippen molar-refractivity contribution in [3.63, 3.8) is 0 Å². The fourth-order valence-electron chi connectivity index (χ4n) is 1.87. The van der Waals surface area contributed by atoms with Crippen molar-refractivity contribution < 1.29 is 0 Å². The summed E-state index contributed by atoms with van der Waals surface area (Å²) in [6, 6.07) is 16.4. The molecule has 1 aromatic heterocycles. The van der Waals surface area contributed by atoms with Crippen molar-refractivity contribution >= 4 is 10.9 Å². The van der Waals surface area contributed by atoms with Crippen LogP contribution in [0.4, 0.5) is 0 Å². The second-order valence-electron chi connectivity index (χ2n) is 3.63. The maximum atomic E-state index is 4.26. The van der Waals surface area contributed by atoms with E-state index in [1.165, 1.54) is 11.1 Å². The van der Waals surface area contributed by atoms with E-state index in [2.05, 4.69) is 28.2 Å². The molecule has 3 aromatic rings. The largest absolute Gasteiger partial charge is 0.244 e. The third-order valence-electron chi connectivity index (χ3n) is 2.64. The summed E-state index contributed by atoms with van der Waals surface area (Å²) in [6.07, 6.45) is 3.45. The molecule has 2 aromatic carbocycles. The number of rotatable bonds is 1. The smallest absolute Gasteiger partial charge is 0.116 e. The standard InChI is InChI=1S/C14H10N2/c1-2-5-11(6-3-1)12-7-4-8-14-13(12)9-15-10-16-14/h1-10H. The van der Waals surface area contributed by atoms with E-state index in [1.54, 1.807) is 6.33 Å². The Bertz CT molecular complexity index is 612. The number of nitrogens with zero attached hydrogens (tertiary/aromatic N) is 2. The normalized spacial score (nSPS) is 10.5. The van der Waals surface area contributed by atoms with Gasteiger partial charge in [0.25, 0.3) is 0 Å². The quantitative estimate of drug-likeness (QED) is 0.610. The summed E-state index contributed by atoms with van der Waals surface area (Å²) in [6.45, 7) is 0. The van der Waals surface area contributed by atoms with E-state index in [0.717, 1.165) is 10.9 Å². The Labute approximate surface area is 93.6 Å². The summed E-state index contributed by atoms with van der Waals surface area (Å²) in [7, 11) is 0. The first-order valence-corrected chi connectivity index (χ1v) is 5.19. The number of aromatic nitrogens is 2. The van der Waals surface area contributed by atoms with Gasteiger partial charge in [0.05, 0.1) is 5.52 Å². The molecule has 76 valence electrons. The van der Waals surface area contributed by atoms with Crippen molar-refractivity contribution in [2.75, 3.05) is 0 Å². The Morgan fingerprint density at radius 2 is 1.69 bits per heavy atom. The van der Waals surface area contributed by atoms with Crippen molar-refractivity contribution in [3.05, 3.63) is 61.1 Å². The van der Waals surface area contributed by atoms with Crippen molar-refractivity contribution in [2.45, 2.75) is 0 Å². The fraction of sp³-hybridized carbons (Fsp3) is 0. The Balaban J connectivity index is 2.32. The predicted molar refractivity (Wildman–Crippen MR) is 65.0 cm³/mol. The highest BCUT2D eigenvalue weighted by atomic mass is 14.8. The maximum Gasteiger partial charge on any atom is 0.116 e. The topological polar surface area (TPSA) is 25.8 Å². The first kappa shape index (κ1) is 9.04. The number of fused-ring (bicyclic) bond motifs is 1. The molecule has 0 atom stereocenters. The monoisotopic (exact) mass is 206 g/mol. The van der Waals surface area contributed by atoms with Gasteiger partial charge >= 0.3 is 0 Å². The lowest BCUT2D eigenvalue weighted by Gasteiger charge is -2.04. The molecule has 0 bridgehead atoms. The zero-order valence-corrected chi connectivity index (χ0v) is 8.67. The van der Waals surface area contributed by atoms with Crippen LogP contribution < -0.4 is 0 Å². The van der Waals surface area contributed by atoms with Crippen molar-refractivity contribution in [2.24, 2.45) is 0 Å². The summed E-state index contributed by atoms with van der Waals surface area (Å²) >= 11 is 0. The van der Waals surface area contributed by atoms with Gasteiger partial charge in [-0.3, -0.25) is 0 Å². The molecule has 0 saturated heterocycles. The number of benzene rings is 2. The van der Waals surface area contributed by atoms with Crippen molar-refractivity contribution in [3.8, 4) is 11.1 Å². The van der Waals surface area contributed by atoms with Gasteiger partial charge < -0.3 is 0 Å². The lowest BCUT2D eigenvalue weighted by atomic mass is 10.0. The van der Waals surface area contributed by atoms with Crippen LogP contribution in [0.25, 0.3) is 22.0 Å². The second-order valence-corrected chi connectivity index (χ2v) is 3.63. The third kappa shape index (κ3) is 1.44. The molecule has 0 aliphatic rings. The number of hydrogen-bond donors (Lipinski definition) is 0. The van der Waals surface area contributed by atoms with Crippen LogP contribution in [0.2, 0.25) is 0 Å². The van der Waals surface area contributed by atoms with Gasteiger partial charge in [-0.25, -0.2) is 9.97 Å². The Kier molecular flexibility index (Phi) is 2.11. The summed E-state index contributed by atoms with van der Waals surface area (Å²) in [5.74, 6) is 0. The average Bonchev–Trinajstić information content (AvgIpc) is 2.39. The molecule has 0 amide bonds. The second kappa shape index (κ2) is 3.74. The molecule has 0 spiro atoms. The van der Waals surface area contributed by atoms with Crippen LogP contribution in [0.3, 0.4) is 0 Å². The molecular weight excluding hydrogens is 196 g/mol. The van der Waals surface area contributed by atoms with E-state index in [4.69, 9.17) is 0 Å². The fourth-order valence-corrected chi connectivity index (χ4v) is 1.87. The first-order valence-electron chi connectivity index (χ1n) is 5.19. The highest BCUT2D eigenvalue weighted by Crippen LogP contribution is 2.26. The van der Waals surface area contributed by atoms with E-state index < -0.39 is 0 Å². The lowest BCUT2D eigenvalue weighted by Crippen LogP contribution is -1.84. The van der Waals surface area contributed by atoms with Crippen LogP contribution >= 0.6 is 0 Å². The average molecular weight is 206 g/mol. The van der Waals surface area contributed by atoms with Gasteiger partial charge in [-0.1, -0.05) is 42.5 Å². The van der Waals surface area contributed by atoms with Crippen LogP contribution in [-0.4, -0.2) is 9.97 Å². The summed E-state index contributed by atoms with van der Waals surface area (Å²) in [5, 5.41) is 1.09. The van der Waals surface area contributed by atoms with Gasteiger partial charge in [0.1, 0.15) is 6.33 Å². The molecule has 2 nitrogen and oxygen atoms in total. The van der Waals surface area contributed by atoms with Gasteiger partial charge in [-0.05, 0) is 17.2 Å². The van der Waals surface area contributed by atoms with E-state index in [9.17, 15) is 0 Å². The van der Waals surface area contributed by atoms with Crippen LogP contribution in [0.1, 0.15) is 0 Å². The Morgan fingerprint density at radius 3 is 2.56 bits per heavy atom. The molecule has 0 aliphatic carbocycles. The minimum Gasteiger partial charge on any atom is -0.244 e. The highest BCUT2D eigenvalue weighted by molar-refractivity contribution is 5.93. The lowest BCUT2D eigenvalue weighted by molar-refractivity contribution is 1.22. The minimum atomic E-state index is 0.983. The van der Waals surface area contributed by atoms with E-state index in [-0.39, 0.29) is 0 Å². The van der Waals surface area contributed by atoms with Crippen LogP contribution in [0.15, 0.2) is 61.1 Å². The highest BCUT2D eigenvalue weighted by Gasteiger charge is 2.02. The first-order chi connectivity index (χ1) is 7.95. The van der Waals surface area contributed by atoms with E-state index >= 15 is 0 Å². The summed E-state index contributed by atoms with van der Waals surface area (Å²) in [5.41, 5.74) is 3.36. The zero-order valence-electron chi connectivity index (χ0n) is 8.67. The molecule has 1 heterocycles. The summed E-state index contributed by atoms with van der Waals surface area (Å²) in [4.78, 5) is 8.34. The van der Waals surface area contributed by atoms with Crippen molar-refractivity contribution in [1.82, 2.24) is 9.97 Å². The molecule has 3 rings (SSSR count). The minimum absolute atomic E-state index is 0.983.